The van der Waals surface area contributed by atoms with Crippen LogP contribution in [0.1, 0.15) is 13.3 Å². The summed E-state index contributed by atoms with van der Waals surface area (Å²) < 4.78 is 45.4. The highest BCUT2D eigenvalue weighted by molar-refractivity contribution is 7.89. The van der Waals surface area contributed by atoms with Gasteiger partial charge in [-0.25, -0.2) is 31.9 Å². The average Bonchev–Trinajstić information content (AvgIpc) is 2.33. The second-order valence-electron chi connectivity index (χ2n) is 4.13. The first kappa shape index (κ1) is 17.4. The molecule has 0 aliphatic carbocycles. The predicted molar refractivity (Wildman–Crippen MR) is 76.5 cm³/mol. The van der Waals surface area contributed by atoms with Gasteiger partial charge in [-0.05, 0) is 24.6 Å². The van der Waals surface area contributed by atoms with E-state index in [-0.39, 0.29) is 10.6 Å². The van der Waals surface area contributed by atoms with Crippen LogP contribution in [-0.2, 0) is 20.0 Å². The van der Waals surface area contributed by atoms with Crippen LogP contribution in [0.3, 0.4) is 0 Å². The van der Waals surface area contributed by atoms with Crippen LogP contribution in [-0.4, -0.2) is 29.4 Å². The summed E-state index contributed by atoms with van der Waals surface area (Å²) in [6, 6.07) is 2.20. The quantitative estimate of drug-likeness (QED) is 0.569. The van der Waals surface area contributed by atoms with Crippen LogP contribution in [0.25, 0.3) is 0 Å². The van der Waals surface area contributed by atoms with Gasteiger partial charge in [0, 0.05) is 6.54 Å². The van der Waals surface area contributed by atoms with Crippen molar-refractivity contribution in [2.24, 2.45) is 10.3 Å². The summed E-state index contributed by atoms with van der Waals surface area (Å²) in [5, 5.41) is 14.7. The minimum atomic E-state index is -4.14. The van der Waals surface area contributed by atoms with Crippen molar-refractivity contribution in [3.63, 3.8) is 0 Å². The largest absolute Gasteiger partial charge is 0.338 e. The first-order valence-corrected chi connectivity index (χ1v) is 8.89. The monoisotopic (exact) mass is 336 g/mol. The van der Waals surface area contributed by atoms with E-state index in [1.165, 1.54) is 0 Å². The highest BCUT2D eigenvalue weighted by Crippen LogP contribution is 2.23. The summed E-state index contributed by atoms with van der Waals surface area (Å²) in [5.74, 6) is 0. The smallest absolute Gasteiger partial charge is 0.319 e. The van der Waals surface area contributed by atoms with E-state index in [2.05, 4.69) is 10.6 Å². The topological polar surface area (TPSA) is 161 Å². The molecule has 21 heavy (non-hydrogen) atoms. The number of primary sulfonamides is 2. The first-order valence-electron chi connectivity index (χ1n) is 5.80. The summed E-state index contributed by atoms with van der Waals surface area (Å²) in [6.07, 6.45) is 0.673. The van der Waals surface area contributed by atoms with E-state index in [0.29, 0.717) is 13.0 Å². The Kier molecular flexibility index (Phi) is 5.28. The normalized spacial score (nSPS) is 12.0. The Hall–Kier alpha value is -1.69. The van der Waals surface area contributed by atoms with Crippen molar-refractivity contribution in [2.75, 3.05) is 11.9 Å². The standard InChI is InChI=1S/C10H16N4O5S2/c1-2-5-13-10(15)14-8-6-7(20(11,16)17)3-4-9(8)21(12,18)19/h3-4,6H,2,5H2,1H3,(H2,11,16,17)(H2,12,18,19)(H2,13,14,15). The van der Waals surface area contributed by atoms with Gasteiger partial charge in [0.25, 0.3) is 0 Å². The van der Waals surface area contributed by atoms with Crippen molar-refractivity contribution in [3.05, 3.63) is 18.2 Å². The van der Waals surface area contributed by atoms with Gasteiger partial charge >= 0.3 is 6.03 Å². The van der Waals surface area contributed by atoms with Gasteiger partial charge in [-0.15, -0.1) is 0 Å². The average molecular weight is 336 g/mol. The van der Waals surface area contributed by atoms with Gasteiger partial charge in [0.05, 0.1) is 10.6 Å². The summed E-state index contributed by atoms with van der Waals surface area (Å²) in [7, 11) is -8.19. The third-order valence-electron chi connectivity index (χ3n) is 2.37. The minimum Gasteiger partial charge on any atom is -0.338 e. The zero-order valence-corrected chi connectivity index (χ0v) is 12.8. The molecule has 11 heteroatoms. The highest BCUT2D eigenvalue weighted by Gasteiger charge is 2.19. The van der Waals surface area contributed by atoms with Gasteiger partial charge < -0.3 is 10.6 Å². The molecule has 0 unspecified atom stereocenters. The summed E-state index contributed by atoms with van der Waals surface area (Å²) in [4.78, 5) is 10.8. The van der Waals surface area contributed by atoms with Crippen molar-refractivity contribution in [1.29, 1.82) is 0 Å². The van der Waals surface area contributed by atoms with E-state index in [9.17, 15) is 21.6 Å². The Morgan fingerprint density at radius 2 is 1.76 bits per heavy atom. The molecule has 0 fully saturated rings. The fourth-order valence-electron chi connectivity index (χ4n) is 1.44. The lowest BCUT2D eigenvalue weighted by Gasteiger charge is -2.11. The van der Waals surface area contributed by atoms with E-state index in [1.54, 1.807) is 0 Å². The van der Waals surface area contributed by atoms with Gasteiger partial charge in [-0.1, -0.05) is 6.92 Å². The fourth-order valence-corrected chi connectivity index (χ4v) is 2.65. The van der Waals surface area contributed by atoms with Crippen LogP contribution in [0.4, 0.5) is 10.5 Å². The lowest BCUT2D eigenvalue weighted by molar-refractivity contribution is 0.252. The van der Waals surface area contributed by atoms with E-state index in [4.69, 9.17) is 10.3 Å². The molecule has 0 spiro atoms. The number of carbonyl (C=O) groups is 1. The second kappa shape index (κ2) is 6.39. The number of nitrogens with two attached hydrogens (primary N) is 2. The Morgan fingerprint density at radius 3 is 2.24 bits per heavy atom. The fraction of sp³-hybridized carbons (Fsp3) is 0.300. The molecule has 0 atom stereocenters. The van der Waals surface area contributed by atoms with Gasteiger partial charge in [-0.2, -0.15) is 0 Å². The van der Waals surface area contributed by atoms with Crippen molar-refractivity contribution < 1.29 is 21.6 Å². The molecular weight excluding hydrogens is 320 g/mol. The number of nitrogens with one attached hydrogen (secondary N) is 2. The number of sulfonamides is 2. The minimum absolute atomic E-state index is 0.266. The molecule has 0 aromatic heterocycles. The SMILES string of the molecule is CCCNC(=O)Nc1cc(S(N)(=O)=O)ccc1S(N)(=O)=O. The van der Waals surface area contributed by atoms with Crippen LogP contribution in [0, 0.1) is 0 Å². The number of hydrogen-bond acceptors (Lipinski definition) is 5. The van der Waals surface area contributed by atoms with Crippen molar-refractivity contribution in [3.8, 4) is 0 Å². The molecule has 2 amide bonds. The number of benzene rings is 1. The van der Waals surface area contributed by atoms with E-state index in [0.717, 1.165) is 18.2 Å². The molecule has 0 saturated carbocycles. The number of rotatable bonds is 5. The molecule has 1 aromatic rings. The third-order valence-corrected chi connectivity index (χ3v) is 4.25. The van der Waals surface area contributed by atoms with Gasteiger partial charge in [0.2, 0.25) is 20.0 Å². The predicted octanol–water partition coefficient (Wildman–Crippen LogP) is -0.487. The van der Waals surface area contributed by atoms with E-state index < -0.39 is 31.0 Å². The van der Waals surface area contributed by atoms with E-state index in [1.807, 2.05) is 6.92 Å². The number of urea groups is 1. The lowest BCUT2D eigenvalue weighted by atomic mass is 10.3. The van der Waals surface area contributed by atoms with Crippen molar-refractivity contribution in [2.45, 2.75) is 23.1 Å². The maximum absolute atomic E-state index is 11.6. The van der Waals surface area contributed by atoms with Gasteiger partial charge in [0.1, 0.15) is 4.90 Å². The molecular formula is C10H16N4O5S2. The first-order chi connectivity index (χ1) is 9.55. The molecule has 1 aromatic carbocycles. The third kappa shape index (κ3) is 4.97. The molecule has 0 aliphatic rings. The maximum atomic E-state index is 11.6. The lowest BCUT2D eigenvalue weighted by Crippen LogP contribution is -2.30. The Morgan fingerprint density at radius 1 is 1.14 bits per heavy atom. The maximum Gasteiger partial charge on any atom is 0.319 e. The van der Waals surface area contributed by atoms with Crippen LogP contribution in [0.15, 0.2) is 28.0 Å². The Balaban J connectivity index is 3.27. The second-order valence-corrected chi connectivity index (χ2v) is 7.22. The molecule has 6 N–H and O–H groups in total. The molecule has 0 radical (unpaired) electrons. The van der Waals surface area contributed by atoms with Crippen LogP contribution in [0.5, 0.6) is 0 Å². The van der Waals surface area contributed by atoms with E-state index >= 15 is 0 Å². The van der Waals surface area contributed by atoms with Crippen molar-refractivity contribution in [1.82, 2.24) is 5.32 Å². The molecule has 0 bridgehead atoms. The number of amides is 2. The zero-order valence-electron chi connectivity index (χ0n) is 11.2. The summed E-state index contributed by atoms with van der Waals surface area (Å²) in [6.45, 7) is 2.20. The molecule has 0 saturated heterocycles. The molecule has 9 nitrogen and oxygen atoms in total. The van der Waals surface area contributed by atoms with Gasteiger partial charge in [-0.3, -0.25) is 0 Å². The van der Waals surface area contributed by atoms with Crippen molar-refractivity contribution >= 4 is 31.8 Å². The van der Waals surface area contributed by atoms with Crippen LogP contribution < -0.4 is 20.9 Å². The Bertz CT molecular complexity index is 743. The van der Waals surface area contributed by atoms with Crippen LogP contribution in [0.2, 0.25) is 0 Å². The number of hydrogen-bond donors (Lipinski definition) is 4. The summed E-state index contributed by atoms with van der Waals surface area (Å²) >= 11 is 0. The zero-order chi connectivity index (χ0) is 16.3. The summed E-state index contributed by atoms with van der Waals surface area (Å²) in [5.41, 5.74) is -0.266. The number of carbonyl (C=O) groups excluding carboxylic acids is 1. The number of anilines is 1. The highest BCUT2D eigenvalue weighted by atomic mass is 32.2. The van der Waals surface area contributed by atoms with Gasteiger partial charge in [0.15, 0.2) is 0 Å². The molecule has 0 aliphatic heterocycles. The molecule has 0 heterocycles. The molecule has 1 rings (SSSR count). The van der Waals surface area contributed by atoms with Crippen LogP contribution >= 0.6 is 0 Å². The Labute approximate surface area is 122 Å². The molecule has 118 valence electrons.